The van der Waals surface area contributed by atoms with Crippen LogP contribution in [0.3, 0.4) is 0 Å². The zero-order valence-electron chi connectivity index (χ0n) is 17.7. The number of para-hydroxylation sites is 1. The fourth-order valence-corrected chi connectivity index (χ4v) is 4.23. The summed E-state index contributed by atoms with van der Waals surface area (Å²) in [5.41, 5.74) is 1.18. The molecule has 1 aromatic heterocycles. The third-order valence-electron chi connectivity index (χ3n) is 5.90. The number of likely N-dealkylation sites (tertiary alicyclic amines) is 1. The Labute approximate surface area is 177 Å². The molecule has 2 aliphatic rings. The van der Waals surface area contributed by atoms with Crippen LogP contribution in [0.25, 0.3) is 0 Å². The van der Waals surface area contributed by atoms with Crippen LogP contribution in [0.5, 0.6) is 0 Å². The van der Waals surface area contributed by atoms with Crippen LogP contribution in [0.2, 0.25) is 0 Å². The Kier molecular flexibility index (Phi) is 5.97. The predicted octanol–water partition coefficient (Wildman–Crippen LogP) is 3.43. The van der Waals surface area contributed by atoms with Gasteiger partial charge in [-0.05, 0) is 30.9 Å². The number of hydrogen-bond acceptors (Lipinski definition) is 4. The van der Waals surface area contributed by atoms with Crippen molar-refractivity contribution in [3.05, 3.63) is 48.5 Å². The van der Waals surface area contributed by atoms with Gasteiger partial charge in [-0.3, -0.25) is 9.59 Å². The van der Waals surface area contributed by atoms with Gasteiger partial charge in [0.25, 0.3) is 5.91 Å². The summed E-state index contributed by atoms with van der Waals surface area (Å²) in [7, 11) is 0. The molecule has 2 aromatic rings. The van der Waals surface area contributed by atoms with Gasteiger partial charge in [-0.25, -0.2) is 9.99 Å². The first-order valence-corrected chi connectivity index (χ1v) is 10.8. The topological polar surface area (TPSA) is 70.8 Å². The number of aromatic nitrogens is 2. The van der Waals surface area contributed by atoms with Gasteiger partial charge in [0.15, 0.2) is 0 Å². The minimum absolute atomic E-state index is 0.0348. The summed E-state index contributed by atoms with van der Waals surface area (Å²) < 4.78 is 2.25. The number of hydrogen-bond donors (Lipinski definition) is 0. The highest BCUT2D eigenvalue weighted by Crippen LogP contribution is 2.24. The lowest BCUT2D eigenvalue weighted by Gasteiger charge is -2.33. The molecule has 7 heteroatoms. The summed E-state index contributed by atoms with van der Waals surface area (Å²) in [6.45, 7) is 6.73. The van der Waals surface area contributed by atoms with Gasteiger partial charge < -0.3 is 9.47 Å². The smallest absolute Gasteiger partial charge is 0.270 e. The second-order valence-electron chi connectivity index (χ2n) is 8.42. The molecule has 0 N–H and O–H groups in total. The van der Waals surface area contributed by atoms with Crippen LogP contribution in [0.4, 0.5) is 5.69 Å². The predicted molar refractivity (Wildman–Crippen MR) is 116 cm³/mol. The SMILES string of the molecule is CC(C)c1nccn1CC1CCN(C(=O)C2=NN(c3ccccc3)C(=O)CC2)CC1. The summed E-state index contributed by atoms with van der Waals surface area (Å²) in [5, 5.41) is 5.79. The van der Waals surface area contributed by atoms with Crippen molar-refractivity contribution in [1.29, 1.82) is 0 Å². The number of amides is 2. The quantitative estimate of drug-likeness (QED) is 0.762. The summed E-state index contributed by atoms with van der Waals surface area (Å²) in [5.74, 6) is 1.96. The van der Waals surface area contributed by atoms with Crippen molar-refractivity contribution < 1.29 is 9.59 Å². The van der Waals surface area contributed by atoms with Crippen LogP contribution >= 0.6 is 0 Å². The van der Waals surface area contributed by atoms with E-state index in [1.54, 1.807) is 0 Å². The molecule has 7 nitrogen and oxygen atoms in total. The molecule has 0 aliphatic carbocycles. The summed E-state index contributed by atoms with van der Waals surface area (Å²) in [6, 6.07) is 9.30. The Morgan fingerprint density at radius 1 is 1.13 bits per heavy atom. The zero-order valence-corrected chi connectivity index (χ0v) is 17.7. The van der Waals surface area contributed by atoms with Crippen molar-refractivity contribution in [2.75, 3.05) is 18.1 Å². The maximum absolute atomic E-state index is 13.0. The average molecular weight is 408 g/mol. The number of carbonyl (C=O) groups excluding carboxylic acids is 2. The third-order valence-corrected chi connectivity index (χ3v) is 5.90. The van der Waals surface area contributed by atoms with Crippen molar-refractivity contribution in [2.24, 2.45) is 11.0 Å². The molecule has 1 aromatic carbocycles. The summed E-state index contributed by atoms with van der Waals surface area (Å²) in [6.07, 6.45) is 6.59. The summed E-state index contributed by atoms with van der Waals surface area (Å²) >= 11 is 0. The van der Waals surface area contributed by atoms with E-state index in [0.717, 1.165) is 38.3 Å². The van der Waals surface area contributed by atoms with Gasteiger partial charge in [-0.1, -0.05) is 32.0 Å². The number of benzene rings is 1. The fraction of sp³-hybridized carbons (Fsp3) is 0.478. The lowest BCUT2D eigenvalue weighted by Crippen LogP contribution is -2.45. The van der Waals surface area contributed by atoms with E-state index >= 15 is 0 Å². The molecule has 0 spiro atoms. The van der Waals surface area contributed by atoms with Gasteiger partial charge in [0, 0.05) is 50.8 Å². The van der Waals surface area contributed by atoms with E-state index in [-0.39, 0.29) is 11.8 Å². The number of piperidine rings is 1. The Balaban J connectivity index is 1.38. The molecule has 0 radical (unpaired) electrons. The largest absolute Gasteiger partial charge is 0.338 e. The van der Waals surface area contributed by atoms with E-state index in [4.69, 9.17) is 0 Å². The Morgan fingerprint density at radius 2 is 1.87 bits per heavy atom. The molecular formula is C23H29N5O2. The van der Waals surface area contributed by atoms with Crippen LogP contribution in [0.1, 0.15) is 51.3 Å². The van der Waals surface area contributed by atoms with Crippen molar-refractivity contribution in [1.82, 2.24) is 14.5 Å². The zero-order chi connectivity index (χ0) is 21.1. The highest BCUT2D eigenvalue weighted by atomic mass is 16.2. The van der Waals surface area contributed by atoms with Crippen LogP contribution in [-0.2, 0) is 16.1 Å². The van der Waals surface area contributed by atoms with E-state index in [0.29, 0.717) is 36.1 Å². The van der Waals surface area contributed by atoms with Crippen molar-refractivity contribution in [3.8, 4) is 0 Å². The molecule has 4 rings (SSSR count). The van der Waals surface area contributed by atoms with Crippen molar-refractivity contribution in [3.63, 3.8) is 0 Å². The first kappa shape index (κ1) is 20.3. The molecule has 0 bridgehead atoms. The highest BCUT2D eigenvalue weighted by molar-refractivity contribution is 6.40. The van der Waals surface area contributed by atoms with E-state index in [1.807, 2.05) is 41.4 Å². The third kappa shape index (κ3) is 4.30. The van der Waals surface area contributed by atoms with Gasteiger partial charge in [0.1, 0.15) is 11.5 Å². The van der Waals surface area contributed by atoms with Crippen molar-refractivity contribution >= 4 is 23.2 Å². The second kappa shape index (κ2) is 8.81. The number of anilines is 1. The fourth-order valence-electron chi connectivity index (χ4n) is 4.23. The second-order valence-corrected chi connectivity index (χ2v) is 8.42. The first-order chi connectivity index (χ1) is 14.5. The van der Waals surface area contributed by atoms with E-state index < -0.39 is 0 Å². The Hall–Kier alpha value is -2.96. The van der Waals surface area contributed by atoms with Crippen LogP contribution < -0.4 is 5.01 Å². The van der Waals surface area contributed by atoms with Crippen LogP contribution in [0.15, 0.2) is 47.8 Å². The molecule has 0 atom stereocenters. The van der Waals surface area contributed by atoms with E-state index in [2.05, 4.69) is 34.7 Å². The monoisotopic (exact) mass is 407 g/mol. The normalized spacial score (nSPS) is 18.1. The van der Waals surface area contributed by atoms with E-state index in [9.17, 15) is 9.59 Å². The number of carbonyl (C=O) groups is 2. The molecule has 0 unspecified atom stereocenters. The van der Waals surface area contributed by atoms with Gasteiger partial charge in [0.2, 0.25) is 5.91 Å². The standard InChI is InChI=1S/C23H29N5O2/c1-17(2)22-24-12-15-27(22)16-18-10-13-26(14-11-18)23(30)20-8-9-21(29)28(25-20)19-6-4-3-5-7-19/h3-7,12,15,17-18H,8-11,13-14,16H2,1-2H3. The molecule has 1 fully saturated rings. The molecular weight excluding hydrogens is 378 g/mol. The van der Waals surface area contributed by atoms with Gasteiger partial charge in [0.05, 0.1) is 5.69 Å². The number of nitrogens with zero attached hydrogens (tertiary/aromatic N) is 5. The molecule has 1 saturated heterocycles. The number of hydrazone groups is 1. The summed E-state index contributed by atoms with van der Waals surface area (Å²) in [4.78, 5) is 31.7. The van der Waals surface area contributed by atoms with Crippen molar-refractivity contribution in [2.45, 2.75) is 52.0 Å². The lowest BCUT2D eigenvalue weighted by molar-refractivity contribution is -0.125. The molecule has 2 amide bonds. The van der Waals surface area contributed by atoms with Crippen LogP contribution in [0, 0.1) is 5.92 Å². The Bertz CT molecular complexity index is 926. The minimum atomic E-state index is -0.0715. The minimum Gasteiger partial charge on any atom is -0.338 e. The highest BCUT2D eigenvalue weighted by Gasteiger charge is 2.30. The molecule has 2 aliphatic heterocycles. The maximum atomic E-state index is 13.0. The molecule has 3 heterocycles. The maximum Gasteiger partial charge on any atom is 0.270 e. The number of rotatable bonds is 5. The van der Waals surface area contributed by atoms with E-state index in [1.165, 1.54) is 5.01 Å². The molecule has 158 valence electrons. The van der Waals surface area contributed by atoms with Gasteiger partial charge in [-0.2, -0.15) is 5.10 Å². The average Bonchev–Trinajstić information content (AvgIpc) is 3.23. The molecule has 0 saturated carbocycles. The molecule has 30 heavy (non-hydrogen) atoms. The van der Waals surface area contributed by atoms with Crippen LogP contribution in [-0.4, -0.2) is 45.1 Å². The van der Waals surface area contributed by atoms with Gasteiger partial charge >= 0.3 is 0 Å². The number of imidazole rings is 1. The lowest BCUT2D eigenvalue weighted by atomic mass is 9.96. The Morgan fingerprint density at radius 3 is 2.57 bits per heavy atom. The first-order valence-electron chi connectivity index (χ1n) is 10.8. The van der Waals surface area contributed by atoms with Gasteiger partial charge in [-0.15, -0.1) is 0 Å².